The summed E-state index contributed by atoms with van der Waals surface area (Å²) in [5.41, 5.74) is 3.49. The topological polar surface area (TPSA) is 45.7 Å². The van der Waals surface area contributed by atoms with E-state index in [0.29, 0.717) is 18.8 Å². The predicted molar refractivity (Wildman–Crippen MR) is 134 cm³/mol. The minimum absolute atomic E-state index is 0.0243. The molecule has 1 amide bonds. The predicted octanol–water partition coefficient (Wildman–Crippen LogP) is 4.87. The maximum absolute atomic E-state index is 13.2. The van der Waals surface area contributed by atoms with Crippen molar-refractivity contribution in [2.75, 3.05) is 26.2 Å². The van der Waals surface area contributed by atoms with Gasteiger partial charge in [0.1, 0.15) is 17.5 Å². The molecule has 0 unspecified atom stereocenters. The summed E-state index contributed by atoms with van der Waals surface area (Å²) in [6, 6.07) is 17.4. The van der Waals surface area contributed by atoms with E-state index in [9.17, 15) is 4.79 Å². The molecule has 1 aromatic heterocycles. The Morgan fingerprint density at radius 3 is 2.47 bits per heavy atom. The number of rotatable bonds is 4. The van der Waals surface area contributed by atoms with Gasteiger partial charge in [0, 0.05) is 56.6 Å². The van der Waals surface area contributed by atoms with Crippen LogP contribution in [0.2, 0.25) is 0 Å². The van der Waals surface area contributed by atoms with Gasteiger partial charge in [-0.25, -0.2) is 0 Å². The summed E-state index contributed by atoms with van der Waals surface area (Å²) in [6.45, 7) is 3.77. The van der Waals surface area contributed by atoms with Crippen LogP contribution >= 0.6 is 0 Å². The molecular formula is C29H33N3O2. The zero-order valence-electron chi connectivity index (χ0n) is 19.8. The number of aromatic nitrogens is 1. The Balaban J connectivity index is 1.07. The summed E-state index contributed by atoms with van der Waals surface area (Å²) < 4.78 is 6.41. The molecule has 2 fully saturated rings. The molecule has 34 heavy (non-hydrogen) atoms. The van der Waals surface area contributed by atoms with Crippen LogP contribution in [0.3, 0.4) is 0 Å². The largest absolute Gasteiger partial charge is 0.490 e. The SMILES string of the molecule is O=C(c1nccc2ccccc12)N1CCC(Oc2ccc3c(c2)CCN(C2CCC2)CC3)CC1. The Bertz CT molecular complexity index is 1180. The third-order valence-electron chi connectivity index (χ3n) is 8.01. The molecule has 5 nitrogen and oxygen atoms in total. The summed E-state index contributed by atoms with van der Waals surface area (Å²) in [5.74, 6) is 1.01. The number of likely N-dealkylation sites (tertiary alicyclic amines) is 1. The average molecular weight is 456 g/mol. The second-order valence-electron chi connectivity index (χ2n) is 10.0. The van der Waals surface area contributed by atoms with Crippen LogP contribution in [0, 0.1) is 0 Å². The Labute approximate surface area is 201 Å². The summed E-state index contributed by atoms with van der Waals surface area (Å²) in [4.78, 5) is 22.2. The fourth-order valence-corrected chi connectivity index (χ4v) is 5.72. The molecule has 1 saturated heterocycles. The maximum atomic E-state index is 13.2. The number of carbonyl (C=O) groups is 1. The number of pyridine rings is 1. The van der Waals surface area contributed by atoms with E-state index < -0.39 is 0 Å². The molecule has 3 aromatic rings. The number of piperidine rings is 1. The number of hydrogen-bond donors (Lipinski definition) is 0. The lowest BCUT2D eigenvalue weighted by Gasteiger charge is -2.36. The fraction of sp³-hybridized carbons (Fsp3) is 0.448. The number of hydrogen-bond acceptors (Lipinski definition) is 4. The first kappa shape index (κ1) is 21.6. The Kier molecular flexibility index (Phi) is 5.96. The van der Waals surface area contributed by atoms with E-state index in [1.54, 1.807) is 6.20 Å². The van der Waals surface area contributed by atoms with Gasteiger partial charge in [0.05, 0.1) is 0 Å². The molecule has 0 radical (unpaired) electrons. The maximum Gasteiger partial charge on any atom is 0.273 e. The van der Waals surface area contributed by atoms with Gasteiger partial charge in [0.25, 0.3) is 5.91 Å². The van der Waals surface area contributed by atoms with Crippen LogP contribution < -0.4 is 4.74 Å². The second kappa shape index (κ2) is 9.38. The summed E-state index contributed by atoms with van der Waals surface area (Å²) >= 11 is 0. The van der Waals surface area contributed by atoms with Crippen LogP contribution in [0.1, 0.15) is 53.7 Å². The molecule has 2 aliphatic heterocycles. The van der Waals surface area contributed by atoms with Crippen molar-refractivity contribution < 1.29 is 9.53 Å². The van der Waals surface area contributed by atoms with E-state index in [2.05, 4.69) is 28.1 Å². The van der Waals surface area contributed by atoms with E-state index in [0.717, 1.165) is 48.2 Å². The molecule has 0 N–H and O–H groups in total. The standard InChI is InChI=1S/C29H33N3O2/c33-29(28-27-7-2-1-4-22(27)10-15-30-28)32-18-13-25(14-19-32)34-26-9-8-21-11-16-31(24-5-3-6-24)17-12-23(21)20-26/h1-2,4,7-10,15,20,24-25H,3,5-6,11-14,16-19H2. The zero-order chi connectivity index (χ0) is 22.9. The molecular weight excluding hydrogens is 422 g/mol. The molecule has 1 aliphatic carbocycles. The van der Waals surface area contributed by atoms with Crippen LogP contribution in [0.5, 0.6) is 5.75 Å². The minimum atomic E-state index is 0.0243. The van der Waals surface area contributed by atoms with Gasteiger partial charge < -0.3 is 9.64 Å². The first-order valence-electron chi connectivity index (χ1n) is 12.9. The number of nitrogens with zero attached hydrogens (tertiary/aromatic N) is 3. The molecule has 3 heterocycles. The fourth-order valence-electron chi connectivity index (χ4n) is 5.72. The number of amides is 1. The lowest BCUT2D eigenvalue weighted by atomic mass is 9.91. The van der Waals surface area contributed by atoms with Crippen LogP contribution in [0.4, 0.5) is 0 Å². The van der Waals surface area contributed by atoms with Gasteiger partial charge in [-0.05, 0) is 60.4 Å². The summed E-state index contributed by atoms with van der Waals surface area (Å²) in [6.07, 6.45) is 10.0. The van der Waals surface area contributed by atoms with Crippen molar-refractivity contribution >= 4 is 16.7 Å². The lowest BCUT2D eigenvalue weighted by molar-refractivity contribution is 0.0592. The minimum Gasteiger partial charge on any atom is -0.490 e. The van der Waals surface area contributed by atoms with Gasteiger partial charge in [-0.1, -0.05) is 36.8 Å². The number of benzene rings is 2. The van der Waals surface area contributed by atoms with Crippen LogP contribution in [0.15, 0.2) is 54.7 Å². The van der Waals surface area contributed by atoms with Gasteiger partial charge in [0.15, 0.2) is 0 Å². The molecule has 176 valence electrons. The van der Waals surface area contributed by atoms with Gasteiger partial charge in [-0.3, -0.25) is 14.7 Å². The van der Waals surface area contributed by atoms with E-state index in [1.807, 2.05) is 35.2 Å². The van der Waals surface area contributed by atoms with Crippen molar-refractivity contribution in [2.24, 2.45) is 0 Å². The average Bonchev–Trinajstić information content (AvgIpc) is 3.05. The van der Waals surface area contributed by atoms with Crippen molar-refractivity contribution in [1.82, 2.24) is 14.8 Å². The third kappa shape index (κ3) is 4.29. The molecule has 3 aliphatic rings. The Hall–Kier alpha value is -2.92. The van der Waals surface area contributed by atoms with Gasteiger partial charge >= 0.3 is 0 Å². The van der Waals surface area contributed by atoms with Gasteiger partial charge in [-0.15, -0.1) is 0 Å². The van der Waals surface area contributed by atoms with Crippen molar-refractivity contribution in [3.05, 3.63) is 71.5 Å². The molecule has 0 spiro atoms. The van der Waals surface area contributed by atoms with Gasteiger partial charge in [0.2, 0.25) is 0 Å². The van der Waals surface area contributed by atoms with Crippen LogP contribution in [-0.4, -0.2) is 59.0 Å². The first-order valence-corrected chi connectivity index (χ1v) is 12.9. The van der Waals surface area contributed by atoms with E-state index in [-0.39, 0.29) is 12.0 Å². The zero-order valence-corrected chi connectivity index (χ0v) is 19.8. The van der Waals surface area contributed by atoms with Crippen molar-refractivity contribution in [2.45, 2.75) is 57.1 Å². The van der Waals surface area contributed by atoms with Crippen LogP contribution in [0.25, 0.3) is 10.8 Å². The van der Waals surface area contributed by atoms with Gasteiger partial charge in [-0.2, -0.15) is 0 Å². The van der Waals surface area contributed by atoms with E-state index in [4.69, 9.17) is 4.74 Å². The molecule has 0 bridgehead atoms. The monoisotopic (exact) mass is 455 g/mol. The normalized spacial score (nSPS) is 19.9. The molecule has 5 heteroatoms. The van der Waals surface area contributed by atoms with Crippen LogP contribution in [-0.2, 0) is 12.8 Å². The quantitative estimate of drug-likeness (QED) is 0.563. The molecule has 1 saturated carbocycles. The number of carbonyl (C=O) groups excluding carboxylic acids is 1. The molecule has 2 aromatic carbocycles. The highest BCUT2D eigenvalue weighted by molar-refractivity contribution is 6.05. The van der Waals surface area contributed by atoms with Crippen molar-refractivity contribution in [1.29, 1.82) is 0 Å². The van der Waals surface area contributed by atoms with Crippen molar-refractivity contribution in [3.8, 4) is 5.75 Å². The highest BCUT2D eigenvalue weighted by Crippen LogP contribution is 2.29. The Morgan fingerprint density at radius 1 is 0.882 bits per heavy atom. The Morgan fingerprint density at radius 2 is 1.68 bits per heavy atom. The first-order chi connectivity index (χ1) is 16.7. The number of fused-ring (bicyclic) bond motifs is 2. The molecule has 6 rings (SSSR count). The summed E-state index contributed by atoms with van der Waals surface area (Å²) in [5, 5.41) is 1.98. The third-order valence-corrected chi connectivity index (χ3v) is 8.01. The smallest absolute Gasteiger partial charge is 0.273 e. The second-order valence-corrected chi connectivity index (χ2v) is 10.0. The number of ether oxygens (including phenoxy) is 1. The highest BCUT2D eigenvalue weighted by Gasteiger charge is 2.28. The lowest BCUT2D eigenvalue weighted by Crippen LogP contribution is -2.42. The van der Waals surface area contributed by atoms with Crippen molar-refractivity contribution in [3.63, 3.8) is 0 Å². The molecule has 0 atom stereocenters. The van der Waals surface area contributed by atoms with E-state index >= 15 is 0 Å². The highest BCUT2D eigenvalue weighted by atomic mass is 16.5. The van der Waals surface area contributed by atoms with E-state index in [1.165, 1.54) is 43.5 Å². The summed E-state index contributed by atoms with van der Waals surface area (Å²) in [7, 11) is 0.